The molecule has 0 atom stereocenters. The molecular formula is C21H14ClIN2OS. The van der Waals surface area contributed by atoms with Crippen molar-refractivity contribution in [2.75, 3.05) is 0 Å². The molecule has 27 heavy (non-hydrogen) atoms. The second-order valence-electron chi connectivity index (χ2n) is 5.91. The highest BCUT2D eigenvalue weighted by Gasteiger charge is 2.14. The Bertz CT molecular complexity index is 1180. The molecule has 0 aliphatic carbocycles. The molecule has 3 aromatic carbocycles. The monoisotopic (exact) mass is 504 g/mol. The highest BCUT2D eigenvalue weighted by atomic mass is 127. The molecule has 0 aliphatic rings. The summed E-state index contributed by atoms with van der Waals surface area (Å²) < 4.78 is 2.69. The Hall–Kier alpha value is -1.83. The van der Waals surface area contributed by atoms with Gasteiger partial charge in [0.1, 0.15) is 0 Å². The second kappa shape index (κ2) is 8.04. The van der Waals surface area contributed by atoms with Crippen LogP contribution in [0, 0.1) is 3.57 Å². The average molecular weight is 505 g/mol. The van der Waals surface area contributed by atoms with E-state index in [0.717, 1.165) is 14.8 Å². The summed E-state index contributed by atoms with van der Waals surface area (Å²) in [6.07, 6.45) is 0. The molecule has 1 aromatic heterocycles. The van der Waals surface area contributed by atoms with E-state index < -0.39 is 0 Å². The van der Waals surface area contributed by atoms with E-state index in [1.54, 1.807) is 4.57 Å². The van der Waals surface area contributed by atoms with Crippen molar-refractivity contribution in [3.63, 3.8) is 0 Å². The van der Waals surface area contributed by atoms with E-state index in [9.17, 15) is 4.79 Å². The SMILES string of the molecule is O=c1c2cc(I)ccc2nc(SCc2ccccc2Cl)n1-c1ccccc1. The molecule has 0 amide bonds. The van der Waals surface area contributed by atoms with Crippen LogP contribution in [0.5, 0.6) is 0 Å². The summed E-state index contributed by atoms with van der Waals surface area (Å²) in [6.45, 7) is 0. The van der Waals surface area contributed by atoms with E-state index in [0.29, 0.717) is 26.8 Å². The van der Waals surface area contributed by atoms with Crippen molar-refractivity contribution >= 4 is 56.9 Å². The molecule has 134 valence electrons. The van der Waals surface area contributed by atoms with Gasteiger partial charge in [0.2, 0.25) is 0 Å². The van der Waals surface area contributed by atoms with Gasteiger partial charge in [0.25, 0.3) is 5.56 Å². The smallest absolute Gasteiger partial charge is 0.266 e. The summed E-state index contributed by atoms with van der Waals surface area (Å²) in [4.78, 5) is 18.0. The van der Waals surface area contributed by atoms with Crippen molar-refractivity contribution in [3.8, 4) is 5.69 Å². The Labute approximate surface area is 179 Å². The third kappa shape index (κ3) is 3.90. The maximum Gasteiger partial charge on any atom is 0.266 e. The predicted molar refractivity (Wildman–Crippen MR) is 121 cm³/mol. The molecule has 0 fully saturated rings. The second-order valence-corrected chi connectivity index (χ2v) is 8.51. The molecule has 0 saturated heterocycles. The molecule has 3 nitrogen and oxygen atoms in total. The summed E-state index contributed by atoms with van der Waals surface area (Å²) in [7, 11) is 0. The number of hydrogen-bond donors (Lipinski definition) is 0. The largest absolute Gasteiger partial charge is 0.268 e. The van der Waals surface area contributed by atoms with Gasteiger partial charge < -0.3 is 0 Å². The molecular weight excluding hydrogens is 491 g/mol. The Kier molecular flexibility index (Phi) is 5.52. The standard InChI is InChI=1S/C21H14ClIN2OS/c22-18-9-5-4-6-14(18)13-27-21-24-19-11-10-15(23)12-17(19)20(26)25(21)16-7-2-1-3-8-16/h1-12H,13H2. The van der Waals surface area contributed by atoms with E-state index in [2.05, 4.69) is 22.6 Å². The number of hydrogen-bond acceptors (Lipinski definition) is 3. The van der Waals surface area contributed by atoms with Gasteiger partial charge in [-0.1, -0.05) is 59.8 Å². The number of benzene rings is 3. The van der Waals surface area contributed by atoms with Crippen molar-refractivity contribution in [1.29, 1.82) is 0 Å². The minimum absolute atomic E-state index is 0.0635. The zero-order valence-corrected chi connectivity index (χ0v) is 17.8. The van der Waals surface area contributed by atoms with Crippen molar-refractivity contribution < 1.29 is 0 Å². The Morgan fingerprint density at radius 1 is 1.00 bits per heavy atom. The Morgan fingerprint density at radius 3 is 2.52 bits per heavy atom. The van der Waals surface area contributed by atoms with Crippen molar-refractivity contribution in [2.24, 2.45) is 0 Å². The van der Waals surface area contributed by atoms with E-state index in [4.69, 9.17) is 16.6 Å². The maximum absolute atomic E-state index is 13.3. The summed E-state index contributed by atoms with van der Waals surface area (Å²) >= 11 is 10.0. The van der Waals surface area contributed by atoms with Gasteiger partial charge in [-0.15, -0.1) is 0 Å². The van der Waals surface area contributed by atoms with Crippen LogP contribution < -0.4 is 5.56 Å². The third-order valence-corrected chi connectivity index (χ3v) is 6.16. The summed E-state index contributed by atoms with van der Waals surface area (Å²) in [6, 6.07) is 23.1. The van der Waals surface area contributed by atoms with Crippen LogP contribution in [0.1, 0.15) is 5.56 Å². The lowest BCUT2D eigenvalue weighted by molar-refractivity contribution is 0.819. The quantitative estimate of drug-likeness (QED) is 0.196. The number of nitrogens with zero attached hydrogens (tertiary/aromatic N) is 2. The van der Waals surface area contributed by atoms with Crippen molar-refractivity contribution in [2.45, 2.75) is 10.9 Å². The van der Waals surface area contributed by atoms with Gasteiger partial charge in [0.15, 0.2) is 5.16 Å². The summed E-state index contributed by atoms with van der Waals surface area (Å²) in [5.74, 6) is 0.634. The van der Waals surface area contributed by atoms with Gasteiger partial charge in [-0.25, -0.2) is 4.98 Å². The fourth-order valence-corrected chi connectivity index (χ4v) is 4.59. The molecule has 1 heterocycles. The van der Waals surface area contributed by atoms with E-state index in [1.165, 1.54) is 11.8 Å². The van der Waals surface area contributed by atoms with Crippen LogP contribution in [0.2, 0.25) is 5.02 Å². The fraction of sp³-hybridized carbons (Fsp3) is 0.0476. The van der Waals surface area contributed by atoms with Gasteiger partial charge in [0.05, 0.1) is 16.6 Å². The topological polar surface area (TPSA) is 34.9 Å². The van der Waals surface area contributed by atoms with Gasteiger partial charge in [-0.05, 0) is 64.6 Å². The van der Waals surface area contributed by atoms with Crippen LogP contribution in [0.3, 0.4) is 0 Å². The first-order chi connectivity index (χ1) is 13.1. The molecule has 4 aromatic rings. The first kappa shape index (κ1) is 18.5. The molecule has 0 aliphatic heterocycles. The van der Waals surface area contributed by atoms with Crippen LogP contribution in [0.4, 0.5) is 0 Å². The zero-order chi connectivity index (χ0) is 18.8. The lowest BCUT2D eigenvalue weighted by Crippen LogP contribution is -2.21. The maximum atomic E-state index is 13.3. The van der Waals surface area contributed by atoms with Crippen LogP contribution in [0.25, 0.3) is 16.6 Å². The van der Waals surface area contributed by atoms with Crippen LogP contribution in [0.15, 0.2) is 82.7 Å². The lowest BCUT2D eigenvalue weighted by Gasteiger charge is -2.13. The Morgan fingerprint density at radius 2 is 1.74 bits per heavy atom. The first-order valence-corrected chi connectivity index (χ1v) is 10.7. The van der Waals surface area contributed by atoms with Gasteiger partial charge in [-0.2, -0.15) is 0 Å². The number of para-hydroxylation sites is 1. The van der Waals surface area contributed by atoms with Crippen molar-refractivity contribution in [3.05, 3.63) is 97.3 Å². The summed E-state index contributed by atoms with van der Waals surface area (Å²) in [5, 5.41) is 1.99. The lowest BCUT2D eigenvalue weighted by atomic mass is 10.2. The van der Waals surface area contributed by atoms with Gasteiger partial charge >= 0.3 is 0 Å². The predicted octanol–water partition coefficient (Wildman–Crippen LogP) is 5.94. The molecule has 0 saturated carbocycles. The molecule has 0 N–H and O–H groups in total. The number of halogens is 2. The van der Waals surface area contributed by atoms with E-state index in [-0.39, 0.29) is 5.56 Å². The first-order valence-electron chi connectivity index (χ1n) is 8.27. The molecule has 0 radical (unpaired) electrons. The van der Waals surface area contributed by atoms with E-state index in [1.807, 2.05) is 72.8 Å². The normalized spacial score (nSPS) is 11.0. The minimum Gasteiger partial charge on any atom is -0.268 e. The summed E-state index contributed by atoms with van der Waals surface area (Å²) in [5.41, 5.74) is 2.46. The van der Waals surface area contributed by atoms with Crippen molar-refractivity contribution in [1.82, 2.24) is 9.55 Å². The molecule has 0 unspecified atom stereocenters. The van der Waals surface area contributed by atoms with Crippen LogP contribution >= 0.6 is 46.0 Å². The zero-order valence-electron chi connectivity index (χ0n) is 14.1. The van der Waals surface area contributed by atoms with Gasteiger partial charge in [0, 0.05) is 14.3 Å². The highest BCUT2D eigenvalue weighted by molar-refractivity contribution is 14.1. The fourth-order valence-electron chi connectivity index (χ4n) is 2.80. The number of thioether (sulfide) groups is 1. The molecule has 4 rings (SSSR count). The van der Waals surface area contributed by atoms with Crippen LogP contribution in [-0.2, 0) is 5.75 Å². The average Bonchev–Trinajstić information content (AvgIpc) is 2.69. The highest BCUT2D eigenvalue weighted by Crippen LogP contribution is 2.27. The number of fused-ring (bicyclic) bond motifs is 1. The molecule has 6 heteroatoms. The number of aromatic nitrogens is 2. The van der Waals surface area contributed by atoms with Crippen LogP contribution in [-0.4, -0.2) is 9.55 Å². The molecule has 0 spiro atoms. The minimum atomic E-state index is -0.0635. The third-order valence-electron chi connectivity index (χ3n) is 4.13. The number of rotatable bonds is 4. The Balaban J connectivity index is 1.86. The van der Waals surface area contributed by atoms with E-state index >= 15 is 0 Å². The van der Waals surface area contributed by atoms with Gasteiger partial charge in [-0.3, -0.25) is 9.36 Å². The molecule has 0 bridgehead atoms.